The summed E-state index contributed by atoms with van der Waals surface area (Å²) in [5.74, 6) is 0. The van der Waals surface area contributed by atoms with Gasteiger partial charge >= 0.3 is 0 Å². The van der Waals surface area contributed by atoms with E-state index in [1.165, 1.54) is 0 Å². The molecule has 2 rings (SSSR count). The van der Waals surface area contributed by atoms with Crippen LogP contribution in [0.4, 0.5) is 0 Å². The smallest absolute Gasteiger partial charge is 0.0804 e. The largest absolute Gasteiger partial charge is 0.305 e. The van der Waals surface area contributed by atoms with E-state index in [9.17, 15) is 0 Å². The van der Waals surface area contributed by atoms with Gasteiger partial charge in [-0.05, 0) is 42.8 Å². The van der Waals surface area contributed by atoms with Crippen LogP contribution in [0.25, 0.3) is 0 Å². The predicted molar refractivity (Wildman–Crippen MR) is 80.8 cm³/mol. The number of hydrogen-bond donors (Lipinski definition) is 1. The van der Waals surface area contributed by atoms with Gasteiger partial charge in [-0.2, -0.15) is 0 Å². The molecule has 0 saturated heterocycles. The van der Waals surface area contributed by atoms with Crippen molar-refractivity contribution in [3.63, 3.8) is 0 Å². The molecule has 0 fully saturated rings. The fourth-order valence-corrected chi connectivity index (χ4v) is 2.28. The van der Waals surface area contributed by atoms with Crippen LogP contribution in [0.2, 0.25) is 10.0 Å². The topological polar surface area (TPSA) is 24.9 Å². The van der Waals surface area contributed by atoms with E-state index in [0.29, 0.717) is 5.02 Å². The van der Waals surface area contributed by atoms with Crippen LogP contribution >= 0.6 is 23.2 Å². The normalized spacial score (nSPS) is 12.4. The van der Waals surface area contributed by atoms with Gasteiger partial charge in [-0.25, -0.2) is 0 Å². The Kier molecular flexibility index (Phi) is 5.20. The van der Waals surface area contributed by atoms with Crippen LogP contribution in [-0.2, 0) is 0 Å². The SMILES string of the molecule is CCCNC(c1ccc(Cl)cc1)c1ncccc1Cl. The first-order valence-electron chi connectivity index (χ1n) is 6.31. The molecule has 1 N–H and O–H groups in total. The number of aromatic nitrogens is 1. The van der Waals surface area contributed by atoms with Crippen LogP contribution in [-0.4, -0.2) is 11.5 Å². The number of hydrogen-bond acceptors (Lipinski definition) is 2. The number of nitrogens with zero attached hydrogens (tertiary/aromatic N) is 1. The summed E-state index contributed by atoms with van der Waals surface area (Å²) in [6.07, 6.45) is 2.81. The Balaban J connectivity index is 2.35. The van der Waals surface area contributed by atoms with E-state index >= 15 is 0 Å². The van der Waals surface area contributed by atoms with Crippen molar-refractivity contribution < 1.29 is 0 Å². The van der Waals surface area contributed by atoms with Crippen LogP contribution < -0.4 is 5.32 Å². The molecule has 2 nitrogen and oxygen atoms in total. The predicted octanol–water partition coefficient (Wildman–Crippen LogP) is 4.48. The van der Waals surface area contributed by atoms with E-state index < -0.39 is 0 Å². The molecule has 0 aliphatic heterocycles. The van der Waals surface area contributed by atoms with Crippen molar-refractivity contribution in [3.05, 3.63) is 63.9 Å². The van der Waals surface area contributed by atoms with Crippen LogP contribution in [0.1, 0.15) is 30.6 Å². The summed E-state index contributed by atoms with van der Waals surface area (Å²) in [4.78, 5) is 4.40. The molecule has 4 heteroatoms. The molecule has 0 radical (unpaired) electrons. The fraction of sp³-hybridized carbons (Fsp3) is 0.267. The van der Waals surface area contributed by atoms with Gasteiger partial charge in [0.05, 0.1) is 16.8 Å². The van der Waals surface area contributed by atoms with E-state index in [4.69, 9.17) is 23.2 Å². The zero-order valence-electron chi connectivity index (χ0n) is 10.7. The summed E-state index contributed by atoms with van der Waals surface area (Å²) in [6, 6.07) is 11.5. The summed E-state index contributed by atoms with van der Waals surface area (Å²) < 4.78 is 0. The van der Waals surface area contributed by atoms with Crippen LogP contribution in [0.5, 0.6) is 0 Å². The van der Waals surface area contributed by atoms with E-state index in [0.717, 1.165) is 29.2 Å². The van der Waals surface area contributed by atoms with E-state index in [1.54, 1.807) is 6.20 Å². The molecule has 1 aromatic heterocycles. The second-order valence-corrected chi connectivity index (χ2v) is 5.15. The Bertz CT molecular complexity index is 526. The third kappa shape index (κ3) is 3.69. The maximum atomic E-state index is 6.25. The molecule has 100 valence electrons. The molecular weight excluding hydrogens is 279 g/mol. The molecular formula is C15H16Cl2N2. The summed E-state index contributed by atoms with van der Waals surface area (Å²) >= 11 is 12.2. The Labute approximate surface area is 123 Å². The lowest BCUT2D eigenvalue weighted by Crippen LogP contribution is -2.24. The van der Waals surface area contributed by atoms with Gasteiger partial charge in [0.15, 0.2) is 0 Å². The molecule has 0 aliphatic rings. The van der Waals surface area contributed by atoms with E-state index in [1.807, 2.05) is 36.4 Å². The van der Waals surface area contributed by atoms with Gasteiger partial charge in [-0.15, -0.1) is 0 Å². The summed E-state index contributed by atoms with van der Waals surface area (Å²) in [5.41, 5.74) is 1.96. The summed E-state index contributed by atoms with van der Waals surface area (Å²) in [7, 11) is 0. The molecule has 0 saturated carbocycles. The molecule has 1 atom stereocenters. The zero-order valence-corrected chi connectivity index (χ0v) is 12.2. The van der Waals surface area contributed by atoms with Crippen molar-refractivity contribution in [2.45, 2.75) is 19.4 Å². The third-order valence-electron chi connectivity index (χ3n) is 2.86. The first-order valence-corrected chi connectivity index (χ1v) is 7.07. The van der Waals surface area contributed by atoms with Crippen LogP contribution in [0, 0.1) is 0 Å². The molecule has 0 spiro atoms. The van der Waals surface area contributed by atoms with Crippen LogP contribution in [0.15, 0.2) is 42.6 Å². The number of halogens is 2. The Morgan fingerprint density at radius 2 is 1.89 bits per heavy atom. The van der Waals surface area contributed by atoms with Gasteiger partial charge in [-0.3, -0.25) is 4.98 Å². The highest BCUT2D eigenvalue weighted by atomic mass is 35.5. The second-order valence-electron chi connectivity index (χ2n) is 4.31. The van der Waals surface area contributed by atoms with Crippen molar-refractivity contribution >= 4 is 23.2 Å². The Hall–Kier alpha value is -1.09. The van der Waals surface area contributed by atoms with Crippen molar-refractivity contribution in [1.82, 2.24) is 10.3 Å². The molecule has 19 heavy (non-hydrogen) atoms. The number of nitrogens with one attached hydrogen (secondary N) is 1. The highest BCUT2D eigenvalue weighted by molar-refractivity contribution is 6.31. The monoisotopic (exact) mass is 294 g/mol. The lowest BCUT2D eigenvalue weighted by molar-refractivity contribution is 0.587. The molecule has 0 aliphatic carbocycles. The Morgan fingerprint density at radius 1 is 1.16 bits per heavy atom. The number of rotatable bonds is 5. The van der Waals surface area contributed by atoms with Crippen molar-refractivity contribution in [2.24, 2.45) is 0 Å². The highest BCUT2D eigenvalue weighted by Crippen LogP contribution is 2.27. The van der Waals surface area contributed by atoms with E-state index in [2.05, 4.69) is 17.2 Å². The maximum Gasteiger partial charge on any atom is 0.0804 e. The molecule has 1 heterocycles. The van der Waals surface area contributed by atoms with Crippen LogP contribution in [0.3, 0.4) is 0 Å². The van der Waals surface area contributed by atoms with Crippen molar-refractivity contribution in [1.29, 1.82) is 0 Å². The average Bonchev–Trinajstić information content (AvgIpc) is 2.43. The quantitative estimate of drug-likeness (QED) is 0.880. The van der Waals surface area contributed by atoms with Gasteiger partial charge in [0, 0.05) is 11.2 Å². The zero-order chi connectivity index (χ0) is 13.7. The number of pyridine rings is 1. The Morgan fingerprint density at radius 3 is 2.53 bits per heavy atom. The molecule has 1 unspecified atom stereocenters. The third-order valence-corrected chi connectivity index (χ3v) is 3.43. The molecule has 2 aromatic rings. The first-order chi connectivity index (χ1) is 9.22. The summed E-state index contributed by atoms with van der Waals surface area (Å²) in [6.45, 7) is 3.03. The van der Waals surface area contributed by atoms with Gasteiger partial charge < -0.3 is 5.32 Å². The molecule has 1 aromatic carbocycles. The van der Waals surface area contributed by atoms with Gasteiger partial charge in [0.2, 0.25) is 0 Å². The molecule has 0 amide bonds. The second kappa shape index (κ2) is 6.90. The summed E-state index contributed by atoms with van der Waals surface area (Å²) in [5, 5.41) is 4.87. The van der Waals surface area contributed by atoms with Gasteiger partial charge in [0.25, 0.3) is 0 Å². The number of benzene rings is 1. The van der Waals surface area contributed by atoms with Crippen molar-refractivity contribution in [2.75, 3.05) is 6.54 Å². The maximum absolute atomic E-state index is 6.25. The fourth-order valence-electron chi connectivity index (χ4n) is 1.93. The van der Waals surface area contributed by atoms with Crippen molar-refractivity contribution in [3.8, 4) is 0 Å². The highest BCUT2D eigenvalue weighted by Gasteiger charge is 2.17. The minimum absolute atomic E-state index is 0.00841. The lowest BCUT2D eigenvalue weighted by Gasteiger charge is -2.19. The standard InChI is InChI=1S/C15H16Cl2N2/c1-2-9-18-14(11-5-7-12(16)8-6-11)15-13(17)4-3-10-19-15/h3-8,10,14,18H,2,9H2,1H3. The molecule has 0 bridgehead atoms. The first kappa shape index (κ1) is 14.3. The minimum Gasteiger partial charge on any atom is -0.305 e. The van der Waals surface area contributed by atoms with Gasteiger partial charge in [-0.1, -0.05) is 42.3 Å². The lowest BCUT2D eigenvalue weighted by atomic mass is 10.0. The minimum atomic E-state index is -0.00841. The van der Waals surface area contributed by atoms with Gasteiger partial charge in [0.1, 0.15) is 0 Å². The average molecular weight is 295 g/mol. The van der Waals surface area contributed by atoms with E-state index in [-0.39, 0.29) is 6.04 Å².